The van der Waals surface area contributed by atoms with Crippen molar-refractivity contribution in [3.8, 4) is 6.07 Å². The first-order valence-corrected chi connectivity index (χ1v) is 8.41. The number of nitrogens with one attached hydrogen (secondary N) is 2. The zero-order valence-electron chi connectivity index (χ0n) is 13.9. The van der Waals surface area contributed by atoms with Crippen LogP contribution in [-0.4, -0.2) is 42.2 Å². The van der Waals surface area contributed by atoms with Gasteiger partial charge in [0, 0.05) is 19.0 Å². The third-order valence-electron chi connectivity index (χ3n) is 4.72. The number of hydrogen-bond donors (Lipinski definition) is 2. The average molecular weight is 351 g/mol. The SMILES string of the molecule is N#CC1C(=O)Nc2nc(N3CCOCC3)[nH]c(=O)c2C1c1ccccc1. The second kappa shape index (κ2) is 6.61. The summed E-state index contributed by atoms with van der Waals surface area (Å²) >= 11 is 0. The van der Waals surface area contributed by atoms with Crippen molar-refractivity contribution in [2.75, 3.05) is 36.5 Å². The lowest BCUT2D eigenvalue weighted by Gasteiger charge is -2.31. The highest BCUT2D eigenvalue weighted by Crippen LogP contribution is 2.37. The van der Waals surface area contributed by atoms with E-state index in [2.05, 4.69) is 15.3 Å². The van der Waals surface area contributed by atoms with Crippen molar-refractivity contribution in [1.29, 1.82) is 5.26 Å². The molecular weight excluding hydrogens is 334 g/mol. The minimum atomic E-state index is -0.984. The molecule has 2 aliphatic heterocycles. The molecule has 0 spiro atoms. The Labute approximate surface area is 149 Å². The van der Waals surface area contributed by atoms with Gasteiger partial charge < -0.3 is 15.0 Å². The van der Waals surface area contributed by atoms with E-state index in [1.54, 1.807) is 0 Å². The Kier molecular flexibility index (Phi) is 4.14. The van der Waals surface area contributed by atoms with Gasteiger partial charge in [-0.3, -0.25) is 14.6 Å². The Balaban J connectivity index is 1.84. The van der Waals surface area contributed by atoms with Gasteiger partial charge in [0.15, 0.2) is 0 Å². The molecule has 1 fully saturated rings. The van der Waals surface area contributed by atoms with Gasteiger partial charge in [0.1, 0.15) is 11.7 Å². The molecule has 1 saturated heterocycles. The number of nitrogens with zero attached hydrogens (tertiary/aromatic N) is 3. The van der Waals surface area contributed by atoms with Crippen molar-refractivity contribution in [3.63, 3.8) is 0 Å². The van der Waals surface area contributed by atoms with Crippen molar-refractivity contribution >= 4 is 17.7 Å². The van der Waals surface area contributed by atoms with E-state index in [1.165, 1.54) is 0 Å². The summed E-state index contributed by atoms with van der Waals surface area (Å²) in [4.78, 5) is 34.5. The fraction of sp³-hybridized carbons (Fsp3) is 0.333. The summed E-state index contributed by atoms with van der Waals surface area (Å²) in [6, 6.07) is 11.1. The molecule has 132 valence electrons. The first-order chi connectivity index (χ1) is 12.7. The molecule has 0 radical (unpaired) electrons. The molecule has 2 aliphatic rings. The van der Waals surface area contributed by atoms with E-state index < -0.39 is 17.7 Å². The van der Waals surface area contributed by atoms with Gasteiger partial charge in [0.05, 0.1) is 24.8 Å². The lowest BCUT2D eigenvalue weighted by atomic mass is 9.79. The third-order valence-corrected chi connectivity index (χ3v) is 4.72. The predicted molar refractivity (Wildman–Crippen MR) is 93.9 cm³/mol. The number of nitriles is 1. The number of anilines is 2. The highest BCUT2D eigenvalue weighted by Gasteiger charge is 2.40. The third kappa shape index (κ3) is 2.72. The molecule has 0 saturated carbocycles. The number of benzene rings is 1. The highest BCUT2D eigenvalue weighted by atomic mass is 16.5. The number of morpholine rings is 1. The maximum absolute atomic E-state index is 12.9. The first kappa shape index (κ1) is 16.3. The number of aromatic amines is 1. The van der Waals surface area contributed by atoms with Crippen molar-refractivity contribution < 1.29 is 9.53 Å². The average Bonchev–Trinajstić information content (AvgIpc) is 2.68. The predicted octanol–water partition coefficient (Wildman–Crippen LogP) is 0.830. The van der Waals surface area contributed by atoms with E-state index in [-0.39, 0.29) is 11.4 Å². The van der Waals surface area contributed by atoms with Gasteiger partial charge in [-0.2, -0.15) is 10.2 Å². The summed E-state index contributed by atoms with van der Waals surface area (Å²) < 4.78 is 5.32. The minimum Gasteiger partial charge on any atom is -0.378 e. The molecule has 4 rings (SSSR count). The van der Waals surface area contributed by atoms with E-state index in [0.29, 0.717) is 37.8 Å². The van der Waals surface area contributed by atoms with Gasteiger partial charge in [-0.15, -0.1) is 0 Å². The van der Waals surface area contributed by atoms with Crippen LogP contribution in [0.4, 0.5) is 11.8 Å². The van der Waals surface area contributed by atoms with Crippen LogP contribution in [0, 0.1) is 17.2 Å². The van der Waals surface area contributed by atoms with Crippen LogP contribution in [0.25, 0.3) is 0 Å². The summed E-state index contributed by atoms with van der Waals surface area (Å²) in [7, 11) is 0. The van der Waals surface area contributed by atoms with Crippen LogP contribution in [0.1, 0.15) is 17.0 Å². The molecule has 1 aromatic heterocycles. The number of carbonyl (C=O) groups excluding carboxylic acids is 1. The number of aromatic nitrogens is 2. The first-order valence-electron chi connectivity index (χ1n) is 8.41. The van der Waals surface area contributed by atoms with Crippen molar-refractivity contribution in [2.24, 2.45) is 5.92 Å². The van der Waals surface area contributed by atoms with Crippen LogP contribution in [0.2, 0.25) is 0 Å². The summed E-state index contributed by atoms with van der Waals surface area (Å²) in [5, 5.41) is 12.1. The number of hydrogen-bond acceptors (Lipinski definition) is 6. The van der Waals surface area contributed by atoms with Gasteiger partial charge in [-0.05, 0) is 5.56 Å². The number of amides is 1. The summed E-state index contributed by atoms with van der Waals surface area (Å²) in [5.74, 6) is -1.46. The second-order valence-corrected chi connectivity index (χ2v) is 6.24. The molecule has 0 bridgehead atoms. The molecule has 26 heavy (non-hydrogen) atoms. The largest absolute Gasteiger partial charge is 0.378 e. The summed E-state index contributed by atoms with van der Waals surface area (Å²) in [6.07, 6.45) is 0. The van der Waals surface area contributed by atoms with Crippen LogP contribution in [-0.2, 0) is 9.53 Å². The lowest BCUT2D eigenvalue weighted by Crippen LogP contribution is -2.41. The lowest BCUT2D eigenvalue weighted by molar-refractivity contribution is -0.119. The normalized spacial score (nSPS) is 22.3. The van der Waals surface area contributed by atoms with Gasteiger partial charge in [-0.1, -0.05) is 30.3 Å². The number of rotatable bonds is 2. The Morgan fingerprint density at radius 3 is 2.62 bits per heavy atom. The zero-order chi connectivity index (χ0) is 18.1. The van der Waals surface area contributed by atoms with Crippen molar-refractivity contribution in [1.82, 2.24) is 9.97 Å². The van der Waals surface area contributed by atoms with Gasteiger partial charge in [-0.25, -0.2) is 0 Å². The smallest absolute Gasteiger partial charge is 0.258 e. The molecule has 2 unspecified atom stereocenters. The number of fused-ring (bicyclic) bond motifs is 1. The van der Waals surface area contributed by atoms with Crippen molar-refractivity contribution in [3.05, 3.63) is 51.8 Å². The van der Waals surface area contributed by atoms with Crippen LogP contribution in [0.5, 0.6) is 0 Å². The Morgan fingerprint density at radius 1 is 1.19 bits per heavy atom. The fourth-order valence-electron chi connectivity index (χ4n) is 3.44. The standard InChI is InChI=1S/C18H17N5O3/c19-10-12-13(11-4-2-1-3-5-11)14-15(20-16(12)24)21-18(22-17(14)25)23-6-8-26-9-7-23/h1-5,12-13H,6-9H2,(H2,20,21,22,24,25). The minimum absolute atomic E-state index is 0.223. The number of carbonyl (C=O) groups is 1. The molecule has 2 N–H and O–H groups in total. The molecule has 2 aromatic rings. The van der Waals surface area contributed by atoms with Crippen molar-refractivity contribution in [2.45, 2.75) is 5.92 Å². The summed E-state index contributed by atoms with van der Waals surface area (Å²) in [6.45, 7) is 2.32. The van der Waals surface area contributed by atoms with Crippen LogP contribution < -0.4 is 15.8 Å². The molecule has 1 aromatic carbocycles. The molecule has 8 nitrogen and oxygen atoms in total. The van der Waals surface area contributed by atoms with E-state index >= 15 is 0 Å². The Bertz CT molecular complexity index is 928. The zero-order valence-corrected chi connectivity index (χ0v) is 13.9. The molecule has 0 aliphatic carbocycles. The maximum Gasteiger partial charge on any atom is 0.258 e. The second-order valence-electron chi connectivity index (χ2n) is 6.24. The molecule has 8 heteroatoms. The van der Waals surface area contributed by atoms with E-state index in [9.17, 15) is 14.9 Å². The van der Waals surface area contributed by atoms with Gasteiger partial charge in [0.2, 0.25) is 11.9 Å². The van der Waals surface area contributed by atoms with Crippen LogP contribution in [0.15, 0.2) is 35.1 Å². The quantitative estimate of drug-likeness (QED) is 0.829. The van der Waals surface area contributed by atoms with E-state index in [1.807, 2.05) is 41.3 Å². The maximum atomic E-state index is 12.9. The van der Waals surface area contributed by atoms with E-state index in [4.69, 9.17) is 4.74 Å². The molecule has 2 atom stereocenters. The number of ether oxygens (including phenoxy) is 1. The van der Waals surface area contributed by atoms with Crippen LogP contribution in [0.3, 0.4) is 0 Å². The topological polar surface area (TPSA) is 111 Å². The molecular formula is C18H17N5O3. The van der Waals surface area contributed by atoms with Gasteiger partial charge in [0.25, 0.3) is 5.56 Å². The van der Waals surface area contributed by atoms with Crippen LogP contribution >= 0.6 is 0 Å². The van der Waals surface area contributed by atoms with E-state index in [0.717, 1.165) is 5.56 Å². The monoisotopic (exact) mass is 351 g/mol. The number of H-pyrrole nitrogens is 1. The fourth-order valence-corrected chi connectivity index (χ4v) is 3.44. The molecule has 1 amide bonds. The summed E-state index contributed by atoms with van der Waals surface area (Å²) in [5.41, 5.74) is 0.714. The highest BCUT2D eigenvalue weighted by molar-refractivity contribution is 5.97. The molecule has 3 heterocycles. The Morgan fingerprint density at radius 2 is 1.92 bits per heavy atom. The van der Waals surface area contributed by atoms with Gasteiger partial charge >= 0.3 is 0 Å². The Hall–Kier alpha value is -3.18.